The van der Waals surface area contributed by atoms with Gasteiger partial charge in [0, 0.05) is 34.4 Å². The SMILES string of the molecule is COC(C)C(NCCN)(OC)OC. The van der Waals surface area contributed by atoms with Crippen molar-refractivity contribution >= 4 is 0 Å². The molecule has 0 saturated heterocycles. The van der Waals surface area contributed by atoms with Crippen molar-refractivity contribution in [1.82, 2.24) is 5.32 Å². The number of hydrogen-bond donors (Lipinski definition) is 2. The van der Waals surface area contributed by atoms with Crippen molar-refractivity contribution in [2.75, 3.05) is 34.4 Å². The second-order valence-electron chi connectivity index (χ2n) is 2.67. The van der Waals surface area contributed by atoms with Gasteiger partial charge < -0.3 is 19.9 Å². The molecular formula is C8H20N2O3. The van der Waals surface area contributed by atoms with Crippen LogP contribution in [0.3, 0.4) is 0 Å². The fraction of sp³-hybridized carbons (Fsp3) is 1.00. The van der Waals surface area contributed by atoms with Gasteiger partial charge in [-0.1, -0.05) is 0 Å². The maximum Gasteiger partial charge on any atom is 0.254 e. The number of rotatable bonds is 7. The number of hydrogen-bond acceptors (Lipinski definition) is 5. The van der Waals surface area contributed by atoms with Crippen LogP contribution in [0, 0.1) is 0 Å². The fourth-order valence-electron chi connectivity index (χ4n) is 1.10. The average molecular weight is 192 g/mol. The van der Waals surface area contributed by atoms with Gasteiger partial charge in [-0.25, -0.2) is 0 Å². The predicted octanol–water partition coefficient (Wildman–Crippen LogP) is -0.484. The Kier molecular flexibility index (Phi) is 6.19. The largest absolute Gasteiger partial charge is 0.375 e. The van der Waals surface area contributed by atoms with E-state index in [-0.39, 0.29) is 6.10 Å². The van der Waals surface area contributed by atoms with E-state index < -0.39 is 5.91 Å². The van der Waals surface area contributed by atoms with Crippen LogP contribution in [0.15, 0.2) is 0 Å². The molecule has 0 amide bonds. The summed E-state index contributed by atoms with van der Waals surface area (Å²) in [5, 5.41) is 3.04. The lowest BCUT2D eigenvalue weighted by Gasteiger charge is -2.35. The van der Waals surface area contributed by atoms with Crippen molar-refractivity contribution in [2.24, 2.45) is 5.73 Å². The first-order valence-corrected chi connectivity index (χ1v) is 4.25. The second kappa shape index (κ2) is 6.28. The van der Waals surface area contributed by atoms with Crippen LogP contribution in [-0.4, -0.2) is 46.4 Å². The Morgan fingerprint density at radius 1 is 1.31 bits per heavy atom. The lowest BCUT2D eigenvalue weighted by Crippen LogP contribution is -2.58. The third kappa shape index (κ3) is 3.21. The van der Waals surface area contributed by atoms with E-state index in [1.54, 1.807) is 21.3 Å². The summed E-state index contributed by atoms with van der Waals surface area (Å²) in [6.07, 6.45) is -0.214. The van der Waals surface area contributed by atoms with Gasteiger partial charge in [0.15, 0.2) is 0 Å². The van der Waals surface area contributed by atoms with E-state index in [1.165, 1.54) is 0 Å². The van der Waals surface area contributed by atoms with Crippen LogP contribution >= 0.6 is 0 Å². The third-order valence-electron chi connectivity index (χ3n) is 2.01. The monoisotopic (exact) mass is 192 g/mol. The first-order valence-electron chi connectivity index (χ1n) is 4.25. The Hall–Kier alpha value is -0.200. The Bertz CT molecular complexity index is 129. The van der Waals surface area contributed by atoms with E-state index in [4.69, 9.17) is 19.9 Å². The summed E-state index contributed by atoms with van der Waals surface area (Å²) in [6.45, 7) is 2.98. The minimum absolute atomic E-state index is 0.214. The number of nitrogens with one attached hydrogen (secondary N) is 1. The first kappa shape index (κ1) is 12.8. The summed E-state index contributed by atoms with van der Waals surface area (Å²) in [6, 6.07) is 0. The zero-order valence-corrected chi connectivity index (χ0v) is 8.79. The molecule has 13 heavy (non-hydrogen) atoms. The minimum Gasteiger partial charge on any atom is -0.375 e. The molecule has 0 aliphatic rings. The topological polar surface area (TPSA) is 65.7 Å². The van der Waals surface area contributed by atoms with Crippen LogP contribution in [0.5, 0.6) is 0 Å². The smallest absolute Gasteiger partial charge is 0.254 e. The summed E-state index contributed by atoms with van der Waals surface area (Å²) in [7, 11) is 4.71. The predicted molar refractivity (Wildman–Crippen MR) is 50.3 cm³/mol. The summed E-state index contributed by atoms with van der Waals surface area (Å²) in [4.78, 5) is 0. The molecule has 0 aromatic carbocycles. The quantitative estimate of drug-likeness (QED) is 0.533. The second-order valence-corrected chi connectivity index (χ2v) is 2.67. The Morgan fingerprint density at radius 2 is 1.85 bits per heavy atom. The highest BCUT2D eigenvalue weighted by Gasteiger charge is 2.36. The van der Waals surface area contributed by atoms with Crippen molar-refractivity contribution < 1.29 is 14.2 Å². The van der Waals surface area contributed by atoms with Crippen molar-refractivity contribution in [1.29, 1.82) is 0 Å². The lowest BCUT2D eigenvalue weighted by molar-refractivity contribution is -0.278. The Labute approximate surface area is 79.5 Å². The van der Waals surface area contributed by atoms with Crippen molar-refractivity contribution in [3.8, 4) is 0 Å². The van der Waals surface area contributed by atoms with Gasteiger partial charge >= 0.3 is 0 Å². The standard InChI is InChI=1S/C8H20N2O3/c1-7(11-2)8(12-3,13-4)10-6-5-9/h7,10H,5-6,9H2,1-4H3. The molecule has 3 N–H and O–H groups in total. The summed E-state index contributed by atoms with van der Waals surface area (Å²) in [5.41, 5.74) is 5.37. The molecule has 0 fully saturated rings. The van der Waals surface area contributed by atoms with Crippen LogP contribution in [0.25, 0.3) is 0 Å². The molecule has 0 saturated carbocycles. The van der Waals surface area contributed by atoms with Gasteiger partial charge in [0.25, 0.3) is 5.91 Å². The van der Waals surface area contributed by atoms with Crippen LogP contribution in [-0.2, 0) is 14.2 Å². The van der Waals surface area contributed by atoms with Crippen molar-refractivity contribution in [3.63, 3.8) is 0 Å². The van der Waals surface area contributed by atoms with Crippen LogP contribution in [0.2, 0.25) is 0 Å². The highest BCUT2D eigenvalue weighted by atomic mass is 16.7. The molecule has 80 valence electrons. The van der Waals surface area contributed by atoms with Crippen molar-refractivity contribution in [3.05, 3.63) is 0 Å². The average Bonchev–Trinajstić information content (AvgIpc) is 2.19. The minimum atomic E-state index is -0.909. The highest BCUT2D eigenvalue weighted by Crippen LogP contribution is 2.14. The molecule has 5 nitrogen and oxygen atoms in total. The molecule has 0 aromatic rings. The van der Waals surface area contributed by atoms with Crippen molar-refractivity contribution in [2.45, 2.75) is 18.9 Å². The van der Waals surface area contributed by atoms with Gasteiger partial charge in [0.05, 0.1) is 0 Å². The molecule has 1 unspecified atom stereocenters. The summed E-state index contributed by atoms with van der Waals surface area (Å²) >= 11 is 0. The van der Waals surface area contributed by atoms with Crippen LogP contribution in [0.4, 0.5) is 0 Å². The van der Waals surface area contributed by atoms with E-state index in [9.17, 15) is 0 Å². The van der Waals surface area contributed by atoms with Gasteiger partial charge in [-0.2, -0.15) is 0 Å². The molecule has 0 heterocycles. The van der Waals surface area contributed by atoms with Crippen LogP contribution in [0.1, 0.15) is 6.92 Å². The first-order chi connectivity index (χ1) is 6.16. The summed E-state index contributed by atoms with van der Waals surface area (Å²) in [5.74, 6) is -0.909. The lowest BCUT2D eigenvalue weighted by atomic mass is 10.3. The van der Waals surface area contributed by atoms with E-state index in [1.807, 2.05) is 6.92 Å². The molecular weight excluding hydrogens is 172 g/mol. The zero-order valence-electron chi connectivity index (χ0n) is 8.79. The summed E-state index contributed by atoms with van der Waals surface area (Å²) < 4.78 is 15.6. The molecule has 5 heteroatoms. The molecule has 0 rings (SSSR count). The molecule has 0 radical (unpaired) electrons. The third-order valence-corrected chi connectivity index (χ3v) is 2.01. The Morgan fingerprint density at radius 3 is 2.15 bits per heavy atom. The molecule has 0 aromatic heterocycles. The van der Waals surface area contributed by atoms with E-state index in [0.29, 0.717) is 13.1 Å². The Balaban J connectivity index is 4.29. The highest BCUT2D eigenvalue weighted by molar-refractivity contribution is 4.74. The fourth-order valence-corrected chi connectivity index (χ4v) is 1.10. The molecule has 0 spiro atoms. The van der Waals surface area contributed by atoms with E-state index in [2.05, 4.69) is 5.32 Å². The normalized spacial score (nSPS) is 14.5. The van der Waals surface area contributed by atoms with Gasteiger partial charge in [0.2, 0.25) is 0 Å². The number of methoxy groups -OCH3 is 3. The maximum atomic E-state index is 5.37. The van der Waals surface area contributed by atoms with Gasteiger partial charge in [-0.15, -0.1) is 0 Å². The van der Waals surface area contributed by atoms with E-state index in [0.717, 1.165) is 0 Å². The molecule has 0 bridgehead atoms. The molecule has 0 aliphatic heterocycles. The number of nitrogens with two attached hydrogens (primary N) is 1. The van der Waals surface area contributed by atoms with Crippen LogP contribution < -0.4 is 11.1 Å². The van der Waals surface area contributed by atoms with Gasteiger partial charge in [-0.05, 0) is 6.92 Å². The molecule has 1 atom stereocenters. The van der Waals surface area contributed by atoms with E-state index >= 15 is 0 Å². The molecule has 0 aliphatic carbocycles. The maximum absolute atomic E-state index is 5.37. The van der Waals surface area contributed by atoms with Gasteiger partial charge in [-0.3, -0.25) is 5.32 Å². The van der Waals surface area contributed by atoms with Gasteiger partial charge in [0.1, 0.15) is 6.10 Å². The zero-order chi connectivity index (χ0) is 10.3. The number of ether oxygens (including phenoxy) is 3.